The van der Waals surface area contributed by atoms with Gasteiger partial charge in [-0.2, -0.15) is 0 Å². The lowest BCUT2D eigenvalue weighted by atomic mass is 10.1. The van der Waals surface area contributed by atoms with Gasteiger partial charge in [0.1, 0.15) is 11.3 Å². The number of ether oxygens (including phenoxy) is 1. The lowest BCUT2D eigenvalue weighted by Crippen LogP contribution is -2.41. The molecule has 1 aliphatic rings. The second-order valence-electron chi connectivity index (χ2n) is 5.69. The van der Waals surface area contributed by atoms with Crippen LogP contribution in [0.25, 0.3) is 0 Å². The van der Waals surface area contributed by atoms with Gasteiger partial charge in [0, 0.05) is 23.8 Å². The average Bonchev–Trinajstić information content (AvgIpc) is 3.40. The third kappa shape index (κ3) is 5.63. The molecule has 1 saturated carbocycles. The molecule has 1 aliphatic carbocycles. The van der Waals surface area contributed by atoms with Crippen LogP contribution in [0.3, 0.4) is 0 Å². The number of carbonyl (C=O) groups excluding carboxylic acids is 1. The van der Waals surface area contributed by atoms with Crippen LogP contribution in [-0.2, 0) is 0 Å². The van der Waals surface area contributed by atoms with Gasteiger partial charge in [0.25, 0.3) is 5.91 Å². The zero-order valence-electron chi connectivity index (χ0n) is 13.7. The van der Waals surface area contributed by atoms with Crippen LogP contribution in [0.2, 0.25) is 10.0 Å². The van der Waals surface area contributed by atoms with Crippen molar-refractivity contribution in [3.8, 4) is 11.6 Å². The Balaban J connectivity index is 0.00000169. The highest BCUT2D eigenvalue weighted by molar-refractivity contribution is 6.35. The number of amides is 1. The van der Waals surface area contributed by atoms with E-state index in [4.69, 9.17) is 33.7 Å². The van der Waals surface area contributed by atoms with Crippen molar-refractivity contribution in [3.05, 3.63) is 52.1 Å². The van der Waals surface area contributed by atoms with Gasteiger partial charge < -0.3 is 15.8 Å². The summed E-state index contributed by atoms with van der Waals surface area (Å²) in [4.78, 5) is 16.7. The van der Waals surface area contributed by atoms with Gasteiger partial charge in [0.05, 0.1) is 5.02 Å². The minimum absolute atomic E-state index is 0. The number of hydrogen-bond acceptors (Lipinski definition) is 4. The third-order valence-electron chi connectivity index (χ3n) is 3.88. The van der Waals surface area contributed by atoms with E-state index >= 15 is 0 Å². The molecule has 1 unspecified atom stereocenters. The van der Waals surface area contributed by atoms with Crippen LogP contribution in [0.5, 0.6) is 11.6 Å². The molecular formula is C17H19Cl4N3O2. The molecule has 1 atom stereocenters. The number of hydrogen-bond donors (Lipinski definition) is 2. The van der Waals surface area contributed by atoms with E-state index in [9.17, 15) is 4.79 Å². The first-order valence-corrected chi connectivity index (χ1v) is 8.43. The Bertz CT molecular complexity index is 757. The number of nitrogens with two attached hydrogens (primary N) is 1. The SMILES string of the molecule is Cl.Cl.NCC(NC(=O)c1cccnc1Oc1ccc(Cl)cc1Cl)C1CC1. The van der Waals surface area contributed by atoms with Gasteiger partial charge in [-0.25, -0.2) is 4.98 Å². The summed E-state index contributed by atoms with van der Waals surface area (Å²) in [6, 6.07) is 8.17. The summed E-state index contributed by atoms with van der Waals surface area (Å²) in [5.41, 5.74) is 6.08. The molecule has 0 aliphatic heterocycles. The Morgan fingerprint density at radius 2 is 2.04 bits per heavy atom. The fourth-order valence-corrected chi connectivity index (χ4v) is 2.87. The number of nitrogens with one attached hydrogen (secondary N) is 1. The highest BCUT2D eigenvalue weighted by Crippen LogP contribution is 2.34. The molecule has 3 rings (SSSR count). The van der Waals surface area contributed by atoms with E-state index in [0.29, 0.717) is 33.8 Å². The molecule has 0 spiro atoms. The van der Waals surface area contributed by atoms with Gasteiger partial charge in [0.15, 0.2) is 0 Å². The molecule has 26 heavy (non-hydrogen) atoms. The predicted molar refractivity (Wildman–Crippen MR) is 108 cm³/mol. The van der Waals surface area contributed by atoms with E-state index in [1.54, 1.807) is 36.5 Å². The van der Waals surface area contributed by atoms with E-state index in [1.165, 1.54) is 0 Å². The minimum Gasteiger partial charge on any atom is -0.437 e. The maximum atomic E-state index is 12.6. The van der Waals surface area contributed by atoms with Crippen molar-refractivity contribution < 1.29 is 9.53 Å². The lowest BCUT2D eigenvalue weighted by molar-refractivity contribution is 0.0930. The van der Waals surface area contributed by atoms with Gasteiger partial charge in [0.2, 0.25) is 5.88 Å². The maximum absolute atomic E-state index is 12.6. The fraction of sp³-hybridized carbons (Fsp3) is 0.294. The van der Waals surface area contributed by atoms with Gasteiger partial charge in [-0.05, 0) is 49.1 Å². The highest BCUT2D eigenvalue weighted by atomic mass is 35.5. The molecule has 1 aromatic carbocycles. The van der Waals surface area contributed by atoms with Gasteiger partial charge in [-0.3, -0.25) is 4.79 Å². The van der Waals surface area contributed by atoms with Crippen LogP contribution in [0.1, 0.15) is 23.2 Å². The maximum Gasteiger partial charge on any atom is 0.257 e. The van der Waals surface area contributed by atoms with E-state index in [1.807, 2.05) is 0 Å². The van der Waals surface area contributed by atoms with Crippen molar-refractivity contribution >= 4 is 53.9 Å². The second-order valence-corrected chi connectivity index (χ2v) is 6.53. The van der Waals surface area contributed by atoms with E-state index in [-0.39, 0.29) is 42.6 Å². The predicted octanol–water partition coefficient (Wildman–Crippen LogP) is 4.49. The molecule has 142 valence electrons. The highest BCUT2D eigenvalue weighted by Gasteiger charge is 2.32. The molecule has 1 fully saturated rings. The van der Waals surface area contributed by atoms with Crippen LogP contribution in [0.15, 0.2) is 36.5 Å². The summed E-state index contributed by atoms with van der Waals surface area (Å²) in [7, 11) is 0. The first-order chi connectivity index (χ1) is 11.6. The number of rotatable bonds is 6. The summed E-state index contributed by atoms with van der Waals surface area (Å²) in [5.74, 6) is 0.772. The van der Waals surface area contributed by atoms with Crippen molar-refractivity contribution in [1.82, 2.24) is 10.3 Å². The van der Waals surface area contributed by atoms with Gasteiger partial charge in [-0.15, -0.1) is 24.8 Å². The Labute approximate surface area is 174 Å². The van der Waals surface area contributed by atoms with Gasteiger partial charge >= 0.3 is 0 Å². The van der Waals surface area contributed by atoms with Crippen LogP contribution in [0.4, 0.5) is 0 Å². The van der Waals surface area contributed by atoms with Crippen LogP contribution >= 0.6 is 48.0 Å². The van der Waals surface area contributed by atoms with Crippen LogP contribution in [0, 0.1) is 5.92 Å². The average molecular weight is 439 g/mol. The molecule has 2 aromatic rings. The molecule has 0 saturated heterocycles. The molecule has 1 aromatic heterocycles. The van der Waals surface area contributed by atoms with Crippen molar-refractivity contribution in [2.75, 3.05) is 6.54 Å². The Hall–Kier alpha value is -1.24. The molecule has 5 nitrogen and oxygen atoms in total. The normalized spacial score (nSPS) is 13.8. The Kier molecular flexibility index (Phi) is 8.93. The zero-order chi connectivity index (χ0) is 17.1. The van der Waals surface area contributed by atoms with Crippen molar-refractivity contribution in [1.29, 1.82) is 0 Å². The number of aromatic nitrogens is 1. The van der Waals surface area contributed by atoms with Crippen molar-refractivity contribution in [2.24, 2.45) is 11.7 Å². The van der Waals surface area contributed by atoms with Gasteiger partial charge in [-0.1, -0.05) is 23.2 Å². The smallest absolute Gasteiger partial charge is 0.257 e. The summed E-state index contributed by atoms with van der Waals surface area (Å²) >= 11 is 12.0. The quantitative estimate of drug-likeness (QED) is 0.696. The largest absolute Gasteiger partial charge is 0.437 e. The Morgan fingerprint density at radius 1 is 1.31 bits per heavy atom. The summed E-state index contributed by atoms with van der Waals surface area (Å²) in [5, 5.41) is 3.80. The monoisotopic (exact) mass is 437 g/mol. The fourth-order valence-electron chi connectivity index (χ4n) is 2.42. The van der Waals surface area contributed by atoms with E-state index in [0.717, 1.165) is 12.8 Å². The summed E-state index contributed by atoms with van der Waals surface area (Å²) in [6.45, 7) is 0.413. The lowest BCUT2D eigenvalue weighted by Gasteiger charge is -2.17. The number of carbonyl (C=O) groups is 1. The van der Waals surface area contributed by atoms with E-state index < -0.39 is 0 Å². The molecular weight excluding hydrogens is 420 g/mol. The van der Waals surface area contributed by atoms with Crippen molar-refractivity contribution in [3.63, 3.8) is 0 Å². The zero-order valence-corrected chi connectivity index (χ0v) is 16.8. The summed E-state index contributed by atoms with van der Waals surface area (Å²) in [6.07, 6.45) is 3.75. The first kappa shape index (κ1) is 22.8. The number of halogens is 4. The third-order valence-corrected chi connectivity index (χ3v) is 4.41. The minimum atomic E-state index is -0.259. The first-order valence-electron chi connectivity index (χ1n) is 7.67. The molecule has 0 radical (unpaired) electrons. The number of pyridine rings is 1. The molecule has 1 amide bonds. The van der Waals surface area contributed by atoms with E-state index in [2.05, 4.69) is 10.3 Å². The van der Waals surface area contributed by atoms with Crippen LogP contribution < -0.4 is 15.8 Å². The van der Waals surface area contributed by atoms with Crippen LogP contribution in [-0.4, -0.2) is 23.5 Å². The van der Waals surface area contributed by atoms with Crippen molar-refractivity contribution in [2.45, 2.75) is 18.9 Å². The summed E-state index contributed by atoms with van der Waals surface area (Å²) < 4.78 is 5.71. The molecule has 0 bridgehead atoms. The number of benzene rings is 1. The topological polar surface area (TPSA) is 77.2 Å². The Morgan fingerprint density at radius 3 is 2.65 bits per heavy atom. The molecule has 1 heterocycles. The molecule has 3 N–H and O–H groups in total. The number of nitrogens with zero attached hydrogens (tertiary/aromatic N) is 1. The second kappa shape index (κ2) is 10.2. The molecule has 9 heteroatoms. The standard InChI is InChI=1S/C17H17Cl2N3O2.2ClH/c18-11-5-6-15(13(19)8-11)24-17-12(2-1-7-21-17)16(23)22-14(9-20)10-3-4-10;;/h1-2,5-8,10,14H,3-4,9,20H2,(H,22,23);2*1H.